The highest BCUT2D eigenvalue weighted by Crippen LogP contribution is 2.20. The maximum absolute atomic E-state index is 7.47. The highest BCUT2D eigenvalue weighted by molar-refractivity contribution is 5.82. The Hall–Kier alpha value is -1.32. The van der Waals surface area contributed by atoms with E-state index in [1.165, 1.54) is 0 Å². The number of nitrogens with one attached hydrogen (secondary N) is 1. The summed E-state index contributed by atoms with van der Waals surface area (Å²) in [6.45, 7) is 8.81. The number of nitrogens with two attached hydrogens (primary N) is 1. The zero-order valence-electron chi connectivity index (χ0n) is 9.96. The van der Waals surface area contributed by atoms with Crippen molar-refractivity contribution < 1.29 is 0 Å². The van der Waals surface area contributed by atoms with Gasteiger partial charge in [0.2, 0.25) is 0 Å². The first-order chi connectivity index (χ1) is 6.83. The van der Waals surface area contributed by atoms with Crippen LogP contribution in [0.25, 0.3) is 0 Å². The quantitative estimate of drug-likeness (QED) is 0.585. The zero-order valence-corrected chi connectivity index (χ0v) is 9.96. The summed E-state index contributed by atoms with van der Waals surface area (Å²) in [5, 5.41) is 11.8. The Morgan fingerprint density at radius 2 is 2.13 bits per heavy atom. The molecule has 1 aromatic heterocycles. The summed E-state index contributed by atoms with van der Waals surface area (Å²) in [5.41, 5.74) is 7.48. The first-order valence-electron chi connectivity index (χ1n) is 5.18. The molecule has 0 unspecified atom stereocenters. The Morgan fingerprint density at radius 3 is 2.53 bits per heavy atom. The van der Waals surface area contributed by atoms with Crippen LogP contribution >= 0.6 is 0 Å². The van der Waals surface area contributed by atoms with Crippen LogP contribution in [-0.2, 0) is 6.54 Å². The standard InChI is InChI=1S/C11H20N4/c1-8-7-9(2)15(14-8)6-5-11(3,4)10(12)13/h7H,5-6H2,1-4H3,(H3,12,13). The third kappa shape index (κ3) is 2.81. The number of hydrogen-bond donors (Lipinski definition) is 2. The third-order valence-electron chi connectivity index (χ3n) is 2.78. The van der Waals surface area contributed by atoms with Crippen molar-refractivity contribution in [2.24, 2.45) is 11.1 Å². The first kappa shape index (κ1) is 11.8. The van der Waals surface area contributed by atoms with Gasteiger partial charge in [0.05, 0.1) is 11.5 Å². The van der Waals surface area contributed by atoms with Crippen LogP contribution < -0.4 is 5.73 Å². The Balaban J connectivity index is 2.65. The van der Waals surface area contributed by atoms with Crippen molar-refractivity contribution in [3.05, 3.63) is 17.5 Å². The molecule has 0 aromatic carbocycles. The van der Waals surface area contributed by atoms with E-state index in [0.717, 1.165) is 24.4 Å². The van der Waals surface area contributed by atoms with Gasteiger partial charge in [-0.2, -0.15) is 5.10 Å². The molecule has 0 bridgehead atoms. The van der Waals surface area contributed by atoms with Gasteiger partial charge in [-0.3, -0.25) is 10.1 Å². The fourth-order valence-electron chi connectivity index (χ4n) is 1.42. The van der Waals surface area contributed by atoms with E-state index in [9.17, 15) is 0 Å². The van der Waals surface area contributed by atoms with Crippen molar-refractivity contribution in [3.8, 4) is 0 Å². The van der Waals surface area contributed by atoms with Crippen LogP contribution in [0.5, 0.6) is 0 Å². The maximum Gasteiger partial charge on any atom is 0.0963 e. The smallest absolute Gasteiger partial charge is 0.0963 e. The molecular weight excluding hydrogens is 188 g/mol. The van der Waals surface area contributed by atoms with Crippen molar-refractivity contribution in [2.45, 2.75) is 40.7 Å². The largest absolute Gasteiger partial charge is 0.387 e. The van der Waals surface area contributed by atoms with Gasteiger partial charge in [-0.15, -0.1) is 0 Å². The molecule has 0 aliphatic rings. The monoisotopic (exact) mass is 208 g/mol. The van der Waals surface area contributed by atoms with Crippen molar-refractivity contribution >= 4 is 5.84 Å². The number of amidine groups is 1. The summed E-state index contributed by atoms with van der Waals surface area (Å²) < 4.78 is 1.97. The summed E-state index contributed by atoms with van der Waals surface area (Å²) in [6.07, 6.45) is 0.838. The molecule has 0 fully saturated rings. The molecule has 15 heavy (non-hydrogen) atoms. The van der Waals surface area contributed by atoms with Crippen LogP contribution in [0.15, 0.2) is 6.07 Å². The van der Waals surface area contributed by atoms with E-state index in [1.54, 1.807) is 0 Å². The zero-order chi connectivity index (χ0) is 11.6. The number of aromatic nitrogens is 2. The fraction of sp³-hybridized carbons (Fsp3) is 0.636. The summed E-state index contributed by atoms with van der Waals surface area (Å²) >= 11 is 0. The normalized spacial score (nSPS) is 11.7. The molecule has 0 spiro atoms. The molecule has 1 heterocycles. The Labute approximate surface area is 91.0 Å². The van der Waals surface area contributed by atoms with Gasteiger partial charge >= 0.3 is 0 Å². The first-order valence-corrected chi connectivity index (χ1v) is 5.18. The molecule has 1 rings (SSSR count). The molecule has 0 aliphatic carbocycles. The second-order valence-corrected chi connectivity index (χ2v) is 4.70. The van der Waals surface area contributed by atoms with Gasteiger partial charge in [-0.1, -0.05) is 13.8 Å². The van der Waals surface area contributed by atoms with Gasteiger partial charge in [0.1, 0.15) is 0 Å². The Kier molecular flexibility index (Phi) is 3.17. The molecule has 4 heteroatoms. The van der Waals surface area contributed by atoms with E-state index in [0.29, 0.717) is 0 Å². The van der Waals surface area contributed by atoms with E-state index in [1.807, 2.05) is 32.4 Å². The highest BCUT2D eigenvalue weighted by Gasteiger charge is 2.21. The minimum atomic E-state index is -0.244. The lowest BCUT2D eigenvalue weighted by Crippen LogP contribution is -2.32. The molecule has 0 saturated heterocycles. The van der Waals surface area contributed by atoms with Gasteiger partial charge in [-0.05, 0) is 26.3 Å². The summed E-state index contributed by atoms with van der Waals surface area (Å²) in [4.78, 5) is 0. The second kappa shape index (κ2) is 4.04. The molecule has 1 aromatic rings. The lowest BCUT2D eigenvalue weighted by Gasteiger charge is -2.22. The third-order valence-corrected chi connectivity index (χ3v) is 2.78. The molecule has 0 amide bonds. The average molecular weight is 208 g/mol. The van der Waals surface area contributed by atoms with E-state index in [-0.39, 0.29) is 11.3 Å². The molecule has 4 nitrogen and oxygen atoms in total. The highest BCUT2D eigenvalue weighted by atomic mass is 15.3. The van der Waals surface area contributed by atoms with Crippen LogP contribution in [0.2, 0.25) is 0 Å². The predicted molar refractivity (Wildman–Crippen MR) is 62.0 cm³/mol. The van der Waals surface area contributed by atoms with Crippen LogP contribution in [0, 0.1) is 24.7 Å². The number of nitrogens with zero attached hydrogens (tertiary/aromatic N) is 2. The average Bonchev–Trinajstić information content (AvgIpc) is 2.41. The minimum absolute atomic E-state index is 0.240. The molecule has 0 saturated carbocycles. The molecular formula is C11H20N4. The molecule has 0 aliphatic heterocycles. The van der Waals surface area contributed by atoms with Crippen molar-refractivity contribution in [2.75, 3.05) is 0 Å². The van der Waals surface area contributed by atoms with Gasteiger partial charge in [-0.25, -0.2) is 0 Å². The van der Waals surface area contributed by atoms with Crippen molar-refractivity contribution in [3.63, 3.8) is 0 Å². The molecule has 84 valence electrons. The predicted octanol–water partition coefficient (Wildman–Crippen LogP) is 1.85. The maximum atomic E-state index is 7.47. The van der Waals surface area contributed by atoms with Crippen LogP contribution in [0.3, 0.4) is 0 Å². The minimum Gasteiger partial charge on any atom is -0.387 e. The van der Waals surface area contributed by atoms with Gasteiger partial charge in [0, 0.05) is 17.7 Å². The molecule has 0 radical (unpaired) electrons. The molecule has 3 N–H and O–H groups in total. The Morgan fingerprint density at radius 1 is 1.53 bits per heavy atom. The van der Waals surface area contributed by atoms with E-state index >= 15 is 0 Å². The second-order valence-electron chi connectivity index (χ2n) is 4.70. The van der Waals surface area contributed by atoms with Gasteiger partial charge in [0.15, 0.2) is 0 Å². The van der Waals surface area contributed by atoms with Crippen LogP contribution in [0.1, 0.15) is 31.7 Å². The van der Waals surface area contributed by atoms with Gasteiger partial charge < -0.3 is 5.73 Å². The van der Waals surface area contributed by atoms with E-state index in [2.05, 4.69) is 11.2 Å². The topological polar surface area (TPSA) is 67.7 Å². The lowest BCUT2D eigenvalue weighted by atomic mass is 9.88. The lowest BCUT2D eigenvalue weighted by molar-refractivity contribution is 0.407. The summed E-state index contributed by atoms with van der Waals surface area (Å²) in [5.74, 6) is 0.240. The number of rotatable bonds is 4. The number of aryl methyl sites for hydroxylation is 3. The van der Waals surface area contributed by atoms with E-state index in [4.69, 9.17) is 11.1 Å². The number of hydrogen-bond acceptors (Lipinski definition) is 2. The summed E-state index contributed by atoms with van der Waals surface area (Å²) in [7, 11) is 0. The van der Waals surface area contributed by atoms with Gasteiger partial charge in [0.25, 0.3) is 0 Å². The summed E-state index contributed by atoms with van der Waals surface area (Å²) in [6, 6.07) is 2.06. The van der Waals surface area contributed by atoms with Crippen molar-refractivity contribution in [1.29, 1.82) is 5.41 Å². The Bertz CT molecular complexity index is 363. The SMILES string of the molecule is Cc1cc(C)n(CCC(C)(C)C(=N)N)n1. The van der Waals surface area contributed by atoms with Crippen LogP contribution in [-0.4, -0.2) is 15.6 Å². The van der Waals surface area contributed by atoms with E-state index < -0.39 is 0 Å². The fourth-order valence-corrected chi connectivity index (χ4v) is 1.42. The van der Waals surface area contributed by atoms with Crippen molar-refractivity contribution in [1.82, 2.24) is 9.78 Å². The van der Waals surface area contributed by atoms with Crippen LogP contribution in [0.4, 0.5) is 0 Å². The molecule has 0 atom stereocenters.